The first-order chi connectivity index (χ1) is 15.0. The average molecular weight is 416 g/mol. The number of carbonyl (C=O) groups excluding carboxylic acids is 2. The molecule has 2 amide bonds. The van der Waals surface area contributed by atoms with Crippen LogP contribution < -0.4 is 10.9 Å². The van der Waals surface area contributed by atoms with Crippen molar-refractivity contribution in [3.63, 3.8) is 0 Å². The Morgan fingerprint density at radius 1 is 1.03 bits per heavy atom. The second kappa shape index (κ2) is 7.69. The van der Waals surface area contributed by atoms with E-state index < -0.39 is 5.63 Å². The molecule has 0 radical (unpaired) electrons. The summed E-state index contributed by atoms with van der Waals surface area (Å²) in [7, 11) is 0. The molecular formula is C25H24N2O4. The number of benzene rings is 2. The summed E-state index contributed by atoms with van der Waals surface area (Å²) in [6.45, 7) is 1.99. The van der Waals surface area contributed by atoms with Gasteiger partial charge in [0.05, 0.1) is 5.56 Å². The molecule has 6 nitrogen and oxygen atoms in total. The van der Waals surface area contributed by atoms with E-state index in [1.807, 2.05) is 35.2 Å². The van der Waals surface area contributed by atoms with E-state index in [2.05, 4.69) is 5.32 Å². The van der Waals surface area contributed by atoms with Gasteiger partial charge in [-0.2, -0.15) is 0 Å². The molecule has 31 heavy (non-hydrogen) atoms. The highest BCUT2D eigenvalue weighted by Crippen LogP contribution is 2.36. The smallest absolute Gasteiger partial charge is 0.344 e. The molecule has 0 aliphatic carbocycles. The van der Waals surface area contributed by atoms with Crippen LogP contribution in [0.2, 0.25) is 0 Å². The minimum absolute atomic E-state index is 0.0289. The number of rotatable bonds is 2. The number of para-hydroxylation sites is 1. The Morgan fingerprint density at radius 3 is 2.74 bits per heavy atom. The Bertz CT molecular complexity index is 1220. The fraction of sp³-hybridized carbons (Fsp3) is 0.320. The van der Waals surface area contributed by atoms with Gasteiger partial charge >= 0.3 is 5.63 Å². The van der Waals surface area contributed by atoms with Crippen LogP contribution in [-0.2, 0) is 4.79 Å². The minimum atomic E-state index is -0.418. The highest BCUT2D eigenvalue weighted by Gasteiger charge is 2.40. The van der Waals surface area contributed by atoms with Gasteiger partial charge in [-0.05, 0) is 49.1 Å². The van der Waals surface area contributed by atoms with Crippen molar-refractivity contribution in [3.8, 4) is 11.1 Å². The summed E-state index contributed by atoms with van der Waals surface area (Å²) in [6, 6.07) is 16.4. The Kier molecular flexibility index (Phi) is 4.85. The normalized spacial score (nSPS) is 21.3. The van der Waals surface area contributed by atoms with E-state index in [0.717, 1.165) is 24.6 Å². The van der Waals surface area contributed by atoms with Gasteiger partial charge in [0.1, 0.15) is 5.58 Å². The molecule has 2 saturated heterocycles. The molecule has 2 aliphatic rings. The number of nitrogens with one attached hydrogen (secondary N) is 1. The Morgan fingerprint density at radius 2 is 1.90 bits per heavy atom. The molecule has 0 saturated carbocycles. The van der Waals surface area contributed by atoms with E-state index in [4.69, 9.17) is 4.42 Å². The number of hydrogen-bond acceptors (Lipinski definition) is 4. The zero-order valence-corrected chi connectivity index (χ0v) is 17.2. The maximum absolute atomic E-state index is 13.3. The van der Waals surface area contributed by atoms with Crippen molar-refractivity contribution in [2.24, 2.45) is 5.41 Å². The standard InChI is InChI=1S/C25H24N2O4/c28-22-9-11-25(15-26-22)10-4-12-27(16-25)23(29)19-7-3-6-17(13-19)20-14-18-5-1-2-8-21(18)31-24(20)30/h1-3,5-8,13-14H,4,9-12,15-16H2,(H,26,28). The van der Waals surface area contributed by atoms with Crippen molar-refractivity contribution in [3.05, 3.63) is 70.6 Å². The largest absolute Gasteiger partial charge is 0.422 e. The summed E-state index contributed by atoms with van der Waals surface area (Å²) in [6.07, 6.45) is 3.29. The first kappa shape index (κ1) is 19.5. The summed E-state index contributed by atoms with van der Waals surface area (Å²) in [5, 5.41) is 3.81. The first-order valence-corrected chi connectivity index (χ1v) is 10.7. The van der Waals surface area contributed by atoms with Gasteiger partial charge in [0, 0.05) is 42.4 Å². The number of amides is 2. The fourth-order valence-corrected chi connectivity index (χ4v) is 4.84. The molecule has 158 valence electrons. The van der Waals surface area contributed by atoms with E-state index in [-0.39, 0.29) is 17.2 Å². The van der Waals surface area contributed by atoms with Crippen LogP contribution in [0.25, 0.3) is 22.1 Å². The number of hydrogen-bond donors (Lipinski definition) is 1. The number of piperidine rings is 2. The summed E-state index contributed by atoms with van der Waals surface area (Å²) < 4.78 is 5.46. The van der Waals surface area contributed by atoms with Crippen molar-refractivity contribution < 1.29 is 14.0 Å². The topological polar surface area (TPSA) is 79.6 Å². The van der Waals surface area contributed by atoms with Crippen LogP contribution in [0.5, 0.6) is 0 Å². The van der Waals surface area contributed by atoms with Crippen molar-refractivity contribution in [1.82, 2.24) is 10.2 Å². The maximum atomic E-state index is 13.3. The van der Waals surface area contributed by atoms with Crippen LogP contribution in [0.3, 0.4) is 0 Å². The Balaban J connectivity index is 1.43. The zero-order valence-electron chi connectivity index (χ0n) is 17.2. The molecule has 0 bridgehead atoms. The number of nitrogens with zero attached hydrogens (tertiary/aromatic N) is 1. The third-order valence-corrected chi connectivity index (χ3v) is 6.55. The molecule has 2 fully saturated rings. The van der Waals surface area contributed by atoms with Crippen LogP contribution in [-0.4, -0.2) is 36.3 Å². The van der Waals surface area contributed by atoms with Crippen molar-refractivity contribution in [2.45, 2.75) is 25.7 Å². The van der Waals surface area contributed by atoms with Crippen LogP contribution in [0.1, 0.15) is 36.0 Å². The van der Waals surface area contributed by atoms with Gasteiger partial charge in [0.15, 0.2) is 0 Å². The highest BCUT2D eigenvalue weighted by molar-refractivity contribution is 5.96. The maximum Gasteiger partial charge on any atom is 0.344 e. The Labute approximate surface area is 179 Å². The van der Waals surface area contributed by atoms with Crippen molar-refractivity contribution >= 4 is 22.8 Å². The molecule has 5 rings (SSSR count). The lowest BCUT2D eigenvalue weighted by Crippen LogP contribution is -2.53. The van der Waals surface area contributed by atoms with Gasteiger partial charge in [-0.3, -0.25) is 9.59 Å². The predicted octanol–water partition coefficient (Wildman–Crippen LogP) is 3.59. The third-order valence-electron chi connectivity index (χ3n) is 6.55. The lowest BCUT2D eigenvalue weighted by atomic mass is 9.74. The summed E-state index contributed by atoms with van der Waals surface area (Å²) in [5.74, 6) is 0.0546. The lowest BCUT2D eigenvalue weighted by Gasteiger charge is -2.45. The molecule has 1 N–H and O–H groups in total. The van der Waals surface area contributed by atoms with Gasteiger partial charge in [0.2, 0.25) is 5.91 Å². The van der Waals surface area contributed by atoms with Crippen LogP contribution in [0.15, 0.2) is 63.8 Å². The first-order valence-electron chi connectivity index (χ1n) is 10.7. The molecule has 3 aromatic rings. The average Bonchev–Trinajstić information content (AvgIpc) is 2.80. The Hall–Kier alpha value is -3.41. The van der Waals surface area contributed by atoms with Gasteiger partial charge in [-0.25, -0.2) is 4.79 Å². The van der Waals surface area contributed by atoms with E-state index in [0.29, 0.717) is 48.3 Å². The van der Waals surface area contributed by atoms with E-state index in [1.165, 1.54) is 0 Å². The summed E-state index contributed by atoms with van der Waals surface area (Å²) in [5.41, 5.74) is 1.76. The van der Waals surface area contributed by atoms with Crippen molar-refractivity contribution in [1.29, 1.82) is 0 Å². The van der Waals surface area contributed by atoms with Gasteiger partial charge in [-0.1, -0.05) is 30.3 Å². The van der Waals surface area contributed by atoms with E-state index in [1.54, 1.807) is 24.3 Å². The summed E-state index contributed by atoms with van der Waals surface area (Å²) >= 11 is 0. The van der Waals surface area contributed by atoms with Gasteiger partial charge in [0.25, 0.3) is 5.91 Å². The highest BCUT2D eigenvalue weighted by atomic mass is 16.4. The lowest BCUT2D eigenvalue weighted by molar-refractivity contribution is -0.125. The summed E-state index contributed by atoms with van der Waals surface area (Å²) in [4.78, 5) is 39.3. The molecule has 2 aliphatic heterocycles. The molecule has 1 unspecified atom stereocenters. The second-order valence-electron chi connectivity index (χ2n) is 8.67. The molecule has 1 aromatic heterocycles. The van der Waals surface area contributed by atoms with Crippen LogP contribution in [0, 0.1) is 5.41 Å². The van der Waals surface area contributed by atoms with Crippen LogP contribution in [0.4, 0.5) is 0 Å². The molecule has 1 atom stereocenters. The van der Waals surface area contributed by atoms with Gasteiger partial charge in [-0.15, -0.1) is 0 Å². The fourth-order valence-electron chi connectivity index (χ4n) is 4.84. The quantitative estimate of drug-likeness (QED) is 0.648. The SMILES string of the molecule is O=C1CCC2(CCCN(C(=O)c3cccc(-c4cc5ccccc5oc4=O)c3)C2)CN1. The number of likely N-dealkylation sites (tertiary alicyclic amines) is 1. The molecule has 3 heterocycles. The molecule has 1 spiro atoms. The third kappa shape index (κ3) is 3.74. The zero-order chi connectivity index (χ0) is 21.4. The monoisotopic (exact) mass is 416 g/mol. The van der Waals surface area contributed by atoms with Crippen LogP contribution >= 0.6 is 0 Å². The molecular weight excluding hydrogens is 392 g/mol. The second-order valence-corrected chi connectivity index (χ2v) is 8.67. The van der Waals surface area contributed by atoms with E-state index in [9.17, 15) is 14.4 Å². The molecule has 6 heteroatoms. The molecule has 2 aromatic carbocycles. The van der Waals surface area contributed by atoms with Crippen molar-refractivity contribution in [2.75, 3.05) is 19.6 Å². The van der Waals surface area contributed by atoms with Gasteiger partial charge < -0.3 is 14.6 Å². The predicted molar refractivity (Wildman–Crippen MR) is 118 cm³/mol. The number of fused-ring (bicyclic) bond motifs is 1. The number of carbonyl (C=O) groups is 2. The van der Waals surface area contributed by atoms with E-state index >= 15 is 0 Å². The minimum Gasteiger partial charge on any atom is -0.422 e.